The molecule has 0 saturated carbocycles. The zero-order valence-electron chi connectivity index (χ0n) is 48.4. The van der Waals surface area contributed by atoms with Crippen molar-refractivity contribution >= 4 is 23.9 Å². The Hall–Kier alpha value is -4.10. The second-order valence-corrected chi connectivity index (χ2v) is 20.6. The van der Waals surface area contributed by atoms with Crippen molar-refractivity contribution < 1.29 is 58.2 Å². The molecule has 440 valence electrons. The van der Waals surface area contributed by atoms with Crippen molar-refractivity contribution in [2.24, 2.45) is 0 Å². The molecule has 0 radical (unpaired) electrons. The van der Waals surface area contributed by atoms with Gasteiger partial charge in [0.15, 0.2) is 24.6 Å². The number of carboxylic acids is 1. The molecule has 12 heteroatoms. The first kappa shape index (κ1) is 70.9. The number of unbranched alkanes of at least 4 members (excludes halogenated alkanes) is 23. The van der Waals surface area contributed by atoms with Crippen molar-refractivity contribution in [2.45, 2.75) is 289 Å². The van der Waals surface area contributed by atoms with Crippen LogP contribution in [0.2, 0.25) is 0 Å². The van der Waals surface area contributed by atoms with Gasteiger partial charge in [0.25, 0.3) is 0 Å². The van der Waals surface area contributed by atoms with E-state index in [1.165, 1.54) is 96.3 Å². The molecule has 77 heavy (non-hydrogen) atoms. The number of ether oxygens (including phenoxy) is 5. The number of aliphatic hydroxyl groups excluding tert-OH is 2. The number of aliphatic carboxylic acids is 1. The fourth-order valence-electron chi connectivity index (χ4n) is 8.73. The maximum atomic E-state index is 13.1. The maximum Gasteiger partial charge on any atom is 0.335 e. The zero-order chi connectivity index (χ0) is 56.1. The Labute approximate surface area is 467 Å². The van der Waals surface area contributed by atoms with E-state index in [4.69, 9.17) is 23.7 Å². The summed E-state index contributed by atoms with van der Waals surface area (Å²) >= 11 is 0. The minimum absolute atomic E-state index is 0.0212. The van der Waals surface area contributed by atoms with E-state index in [0.717, 1.165) is 89.9 Å². The van der Waals surface area contributed by atoms with Gasteiger partial charge in [-0.15, -0.1) is 0 Å². The lowest BCUT2D eigenvalue weighted by Gasteiger charge is -2.40. The van der Waals surface area contributed by atoms with Crippen molar-refractivity contribution in [3.63, 3.8) is 0 Å². The largest absolute Gasteiger partial charge is 0.479 e. The molecule has 0 aromatic carbocycles. The topological polar surface area (TPSA) is 175 Å². The number of hydrogen-bond donors (Lipinski definition) is 3. The van der Waals surface area contributed by atoms with Gasteiger partial charge in [-0.1, -0.05) is 215 Å². The van der Waals surface area contributed by atoms with Crippen molar-refractivity contribution in [3.8, 4) is 0 Å². The molecular formula is C65H108O12. The Morgan fingerprint density at radius 1 is 0.442 bits per heavy atom. The van der Waals surface area contributed by atoms with Gasteiger partial charge in [-0.05, 0) is 103 Å². The van der Waals surface area contributed by atoms with Gasteiger partial charge >= 0.3 is 23.9 Å². The van der Waals surface area contributed by atoms with Gasteiger partial charge in [0.1, 0.15) is 18.8 Å². The van der Waals surface area contributed by atoms with Crippen LogP contribution in [-0.4, -0.2) is 89.2 Å². The van der Waals surface area contributed by atoms with Gasteiger partial charge in [-0.25, -0.2) is 4.79 Å². The molecule has 6 unspecified atom stereocenters. The smallest absolute Gasteiger partial charge is 0.335 e. The average molecular weight is 1080 g/mol. The number of carbonyl (C=O) groups excluding carboxylic acids is 3. The SMILES string of the molecule is CC/C=C\C/C=C\C/C=C\C/C=C\C/C=C\CCCC(=O)OC1C(OCC(COC(=O)CCCCCCCCCCC/C=C\CCCCCCCC)OC(=O)CCCCCCC/C=C\CCCC)OC(C(=O)O)C(O)C1O. The summed E-state index contributed by atoms with van der Waals surface area (Å²) in [6.45, 7) is 5.81. The van der Waals surface area contributed by atoms with Gasteiger partial charge in [0.2, 0.25) is 0 Å². The van der Waals surface area contributed by atoms with Gasteiger partial charge < -0.3 is 39.0 Å². The summed E-state index contributed by atoms with van der Waals surface area (Å²) in [5, 5.41) is 31.5. The standard InChI is InChI=1S/C65H108O12/c1-4-7-10-13-16-19-22-24-26-28-29-31-32-34-37-39-42-45-48-51-57(66)73-54-56(75-58(67)52-49-46-43-40-36-21-18-15-12-9-6-3)55-74-65-63(61(70)60(69)62(77-65)64(71)72)76-59(68)53-50-47-44-41-38-35-33-30-27-25-23-20-17-14-11-8-5-2/h8,11,15,17-18,20,24-27,33,35,41,44,56,60-63,65,69-70H,4-7,9-10,12-14,16,19,21-23,28-32,34,36-40,42-43,45-55H2,1-3H3,(H,71,72)/b11-8-,18-15-,20-17-,26-24-,27-25-,35-33-,44-41-. The van der Waals surface area contributed by atoms with Crippen molar-refractivity contribution in [2.75, 3.05) is 13.2 Å². The molecule has 0 spiro atoms. The third-order valence-corrected chi connectivity index (χ3v) is 13.4. The summed E-state index contributed by atoms with van der Waals surface area (Å²) in [7, 11) is 0. The first-order valence-electron chi connectivity index (χ1n) is 30.6. The average Bonchev–Trinajstić information content (AvgIpc) is 3.42. The lowest BCUT2D eigenvalue weighted by molar-refractivity contribution is -0.301. The van der Waals surface area contributed by atoms with E-state index in [2.05, 4.69) is 93.7 Å². The summed E-state index contributed by atoms with van der Waals surface area (Å²) < 4.78 is 28.4. The molecule has 1 rings (SSSR count). The Bertz CT molecular complexity index is 1660. The lowest BCUT2D eigenvalue weighted by Crippen LogP contribution is -2.61. The van der Waals surface area contributed by atoms with Crippen LogP contribution in [0.3, 0.4) is 0 Å². The molecule has 0 aromatic rings. The first-order chi connectivity index (χ1) is 37.6. The summed E-state index contributed by atoms with van der Waals surface area (Å²) in [5.74, 6) is -3.21. The van der Waals surface area contributed by atoms with E-state index in [1.807, 2.05) is 12.2 Å². The van der Waals surface area contributed by atoms with Crippen LogP contribution >= 0.6 is 0 Å². The number of carbonyl (C=O) groups is 4. The van der Waals surface area contributed by atoms with Crippen molar-refractivity contribution in [3.05, 3.63) is 85.1 Å². The van der Waals surface area contributed by atoms with Crippen LogP contribution in [0.1, 0.15) is 252 Å². The number of aliphatic hydroxyl groups is 2. The molecule has 1 aliphatic rings. The second-order valence-electron chi connectivity index (χ2n) is 20.6. The third kappa shape index (κ3) is 42.5. The quantitative estimate of drug-likeness (QED) is 0.0228. The molecule has 12 nitrogen and oxygen atoms in total. The van der Waals surface area contributed by atoms with Gasteiger partial charge in [-0.3, -0.25) is 14.4 Å². The van der Waals surface area contributed by atoms with Crippen LogP contribution in [0.4, 0.5) is 0 Å². The highest BCUT2D eigenvalue weighted by Crippen LogP contribution is 2.26. The van der Waals surface area contributed by atoms with E-state index in [1.54, 1.807) is 0 Å². The molecule has 1 aliphatic heterocycles. The zero-order valence-corrected chi connectivity index (χ0v) is 48.4. The summed E-state index contributed by atoms with van der Waals surface area (Å²) in [6.07, 6.45) is 55.6. The number of allylic oxidation sites excluding steroid dienone is 14. The molecule has 0 amide bonds. The Balaban J connectivity index is 2.68. The molecule has 3 N–H and O–H groups in total. The number of esters is 3. The van der Waals surface area contributed by atoms with Crippen molar-refractivity contribution in [1.82, 2.24) is 0 Å². The minimum atomic E-state index is -1.93. The molecular weight excluding hydrogens is 973 g/mol. The molecule has 0 bridgehead atoms. The highest BCUT2D eigenvalue weighted by atomic mass is 16.7. The van der Waals surface area contributed by atoms with Gasteiger partial charge in [0, 0.05) is 19.3 Å². The summed E-state index contributed by atoms with van der Waals surface area (Å²) in [4.78, 5) is 51.1. The van der Waals surface area contributed by atoms with Crippen LogP contribution < -0.4 is 0 Å². The molecule has 1 fully saturated rings. The van der Waals surface area contributed by atoms with E-state index in [-0.39, 0.29) is 25.9 Å². The van der Waals surface area contributed by atoms with Gasteiger partial charge in [-0.2, -0.15) is 0 Å². The second kappa shape index (κ2) is 52.6. The van der Waals surface area contributed by atoms with Gasteiger partial charge in [0.05, 0.1) is 6.61 Å². The lowest BCUT2D eigenvalue weighted by atomic mass is 9.98. The molecule has 1 saturated heterocycles. The highest BCUT2D eigenvalue weighted by Gasteiger charge is 2.50. The molecule has 1 heterocycles. The van der Waals surface area contributed by atoms with Crippen LogP contribution in [0, 0.1) is 0 Å². The Kier molecular flexibility index (Phi) is 48.4. The monoisotopic (exact) mass is 1080 g/mol. The van der Waals surface area contributed by atoms with E-state index >= 15 is 0 Å². The van der Waals surface area contributed by atoms with E-state index in [0.29, 0.717) is 25.7 Å². The summed E-state index contributed by atoms with van der Waals surface area (Å²) in [6, 6.07) is 0. The fourth-order valence-corrected chi connectivity index (χ4v) is 8.73. The minimum Gasteiger partial charge on any atom is -0.479 e. The first-order valence-corrected chi connectivity index (χ1v) is 30.6. The van der Waals surface area contributed by atoms with Crippen LogP contribution in [-0.2, 0) is 42.9 Å². The third-order valence-electron chi connectivity index (χ3n) is 13.4. The normalized spacial score (nSPS) is 18.6. The number of carboxylic acid groups (broad SMARTS) is 1. The van der Waals surface area contributed by atoms with Crippen LogP contribution in [0.5, 0.6) is 0 Å². The predicted molar refractivity (Wildman–Crippen MR) is 312 cm³/mol. The van der Waals surface area contributed by atoms with Crippen LogP contribution in [0.25, 0.3) is 0 Å². The highest BCUT2D eigenvalue weighted by molar-refractivity contribution is 5.74. The van der Waals surface area contributed by atoms with E-state index in [9.17, 15) is 34.5 Å². The van der Waals surface area contributed by atoms with Crippen molar-refractivity contribution in [1.29, 1.82) is 0 Å². The molecule has 0 aliphatic carbocycles. The number of rotatable bonds is 51. The van der Waals surface area contributed by atoms with Crippen LogP contribution in [0.15, 0.2) is 85.1 Å². The predicted octanol–water partition coefficient (Wildman–Crippen LogP) is 15.9. The summed E-state index contributed by atoms with van der Waals surface area (Å²) in [5.41, 5.74) is 0. The molecule has 0 aromatic heterocycles. The number of hydrogen-bond acceptors (Lipinski definition) is 11. The fraction of sp³-hybridized carbons (Fsp3) is 0.723. The van der Waals surface area contributed by atoms with E-state index < -0.39 is 67.3 Å². The Morgan fingerprint density at radius 3 is 1.34 bits per heavy atom. The maximum absolute atomic E-state index is 13.1. The molecule has 6 atom stereocenters. The Morgan fingerprint density at radius 2 is 0.844 bits per heavy atom.